The number of aliphatic hydroxyl groups is 1. The number of hydrogen-bond donors (Lipinski definition) is 1. The molecule has 0 aliphatic heterocycles. The molecule has 0 aliphatic carbocycles. The first kappa shape index (κ1) is 15.9. The van der Waals surface area contributed by atoms with Gasteiger partial charge in [0.25, 0.3) is 0 Å². The Morgan fingerprint density at radius 3 is 2.48 bits per heavy atom. The summed E-state index contributed by atoms with van der Waals surface area (Å²) in [6, 6.07) is 10.3. The van der Waals surface area contributed by atoms with E-state index >= 15 is 0 Å². The Bertz CT molecular complexity index is 640. The van der Waals surface area contributed by atoms with Crippen molar-refractivity contribution in [2.45, 2.75) is 40.2 Å². The Kier molecular flexibility index (Phi) is 4.96. The third kappa shape index (κ3) is 3.42. The van der Waals surface area contributed by atoms with Crippen LogP contribution in [-0.4, -0.2) is 10.9 Å². The van der Waals surface area contributed by atoms with Crippen molar-refractivity contribution in [2.75, 3.05) is 0 Å². The number of carbonyl (C=O) groups excluding carboxylic acids is 1. The van der Waals surface area contributed by atoms with Crippen LogP contribution in [0, 0.1) is 12.8 Å². The van der Waals surface area contributed by atoms with Gasteiger partial charge in [-0.2, -0.15) is 0 Å². The van der Waals surface area contributed by atoms with Crippen LogP contribution in [0.25, 0.3) is 0 Å². The maximum atomic E-state index is 11.5. The molecule has 0 bridgehead atoms. The zero-order valence-electron chi connectivity index (χ0n) is 13.0. The highest BCUT2D eigenvalue weighted by Gasteiger charge is 2.21. The summed E-state index contributed by atoms with van der Waals surface area (Å²) in [4.78, 5) is 13.5. The van der Waals surface area contributed by atoms with E-state index in [0.717, 1.165) is 16.0 Å². The molecule has 1 aromatic carbocycles. The molecule has 0 amide bonds. The van der Waals surface area contributed by atoms with E-state index in [1.807, 2.05) is 13.0 Å². The number of thiophene rings is 1. The van der Waals surface area contributed by atoms with Crippen molar-refractivity contribution in [1.29, 1.82) is 0 Å². The average Bonchev–Trinajstić information content (AvgIpc) is 2.90. The third-order valence-corrected chi connectivity index (χ3v) is 5.12. The van der Waals surface area contributed by atoms with Crippen molar-refractivity contribution in [1.82, 2.24) is 0 Å². The molecule has 2 nitrogen and oxygen atoms in total. The van der Waals surface area contributed by atoms with E-state index < -0.39 is 0 Å². The van der Waals surface area contributed by atoms with Gasteiger partial charge < -0.3 is 5.11 Å². The van der Waals surface area contributed by atoms with Crippen molar-refractivity contribution in [3.05, 3.63) is 56.8 Å². The first-order chi connectivity index (χ1) is 9.93. The van der Waals surface area contributed by atoms with Gasteiger partial charge in [-0.3, -0.25) is 4.79 Å². The van der Waals surface area contributed by atoms with Crippen molar-refractivity contribution in [2.24, 2.45) is 5.92 Å². The number of aryl methyl sites for hydroxylation is 1. The van der Waals surface area contributed by atoms with E-state index in [1.54, 1.807) is 18.3 Å². The van der Waals surface area contributed by atoms with E-state index in [4.69, 9.17) is 0 Å². The number of rotatable bonds is 5. The molecule has 1 N–H and O–H groups in total. The van der Waals surface area contributed by atoms with E-state index in [9.17, 15) is 9.90 Å². The molecule has 1 aromatic heterocycles. The van der Waals surface area contributed by atoms with Gasteiger partial charge in [0.05, 0.1) is 11.5 Å². The third-order valence-electron chi connectivity index (χ3n) is 3.85. The first-order valence-corrected chi connectivity index (χ1v) is 8.06. The molecule has 1 atom stereocenters. The predicted octanol–water partition coefficient (Wildman–Crippen LogP) is 4.54. The van der Waals surface area contributed by atoms with Gasteiger partial charge in [0.2, 0.25) is 0 Å². The van der Waals surface area contributed by atoms with E-state index in [1.165, 1.54) is 10.4 Å². The van der Waals surface area contributed by atoms with Gasteiger partial charge in [0.15, 0.2) is 5.78 Å². The number of aliphatic hydroxyl groups excluding tert-OH is 1. The highest BCUT2D eigenvalue weighted by atomic mass is 32.1. The maximum Gasteiger partial charge on any atom is 0.169 e. The highest BCUT2D eigenvalue weighted by molar-refractivity contribution is 7.14. The molecule has 0 spiro atoms. The van der Waals surface area contributed by atoms with Crippen LogP contribution in [0.4, 0.5) is 0 Å². The zero-order valence-corrected chi connectivity index (χ0v) is 13.8. The molecule has 3 heteroatoms. The Morgan fingerprint density at radius 1 is 1.24 bits per heavy atom. The summed E-state index contributed by atoms with van der Waals surface area (Å²) in [7, 11) is 0. The fourth-order valence-electron chi connectivity index (χ4n) is 2.64. The fraction of sp³-hybridized carbons (Fsp3) is 0.389. The van der Waals surface area contributed by atoms with Crippen LogP contribution in [0.3, 0.4) is 0 Å². The number of Topliss-reactive ketones (excluding diaryl/α,β-unsaturated/α-hetero) is 1. The summed E-state index contributed by atoms with van der Waals surface area (Å²) in [6.45, 7) is 8.06. The van der Waals surface area contributed by atoms with Crippen LogP contribution < -0.4 is 0 Å². The van der Waals surface area contributed by atoms with Gasteiger partial charge >= 0.3 is 0 Å². The van der Waals surface area contributed by atoms with Crippen LogP contribution in [0.5, 0.6) is 0 Å². The molecule has 2 aromatic rings. The number of benzene rings is 1. The molecular weight excluding hydrogens is 280 g/mol. The standard InChI is InChI=1S/C18H22O2S/c1-11(2)18(17-8-7-16(21-17)13(4)20)14-6-5-12(3)15(9-14)10-19/h5-9,11,18-19H,10H2,1-4H3/t18-/m0/s1. The van der Waals surface area contributed by atoms with Gasteiger partial charge in [-0.25, -0.2) is 0 Å². The summed E-state index contributed by atoms with van der Waals surface area (Å²) in [5.41, 5.74) is 3.29. The van der Waals surface area contributed by atoms with Gasteiger partial charge in [0.1, 0.15) is 0 Å². The average molecular weight is 302 g/mol. The quantitative estimate of drug-likeness (QED) is 0.823. The van der Waals surface area contributed by atoms with E-state index in [-0.39, 0.29) is 18.3 Å². The molecule has 0 radical (unpaired) electrons. The highest BCUT2D eigenvalue weighted by Crippen LogP contribution is 2.36. The molecule has 21 heavy (non-hydrogen) atoms. The molecule has 0 aliphatic rings. The van der Waals surface area contributed by atoms with Gasteiger partial charge in [-0.1, -0.05) is 32.0 Å². The van der Waals surface area contributed by atoms with Crippen LogP contribution in [0.2, 0.25) is 0 Å². The van der Waals surface area contributed by atoms with Crippen LogP contribution in [-0.2, 0) is 6.61 Å². The second-order valence-electron chi connectivity index (χ2n) is 5.82. The minimum absolute atomic E-state index is 0.0631. The monoisotopic (exact) mass is 302 g/mol. The topological polar surface area (TPSA) is 37.3 Å². The normalized spacial score (nSPS) is 12.7. The lowest BCUT2D eigenvalue weighted by atomic mass is 9.86. The number of carbonyl (C=O) groups is 1. The second kappa shape index (κ2) is 6.54. The molecule has 0 unspecified atom stereocenters. The molecule has 1 heterocycles. The zero-order chi connectivity index (χ0) is 15.6. The van der Waals surface area contributed by atoms with Crippen LogP contribution in [0.1, 0.15) is 57.9 Å². The lowest BCUT2D eigenvalue weighted by Gasteiger charge is -2.21. The Morgan fingerprint density at radius 2 is 1.95 bits per heavy atom. The SMILES string of the molecule is CC(=O)c1ccc([C@H](c2ccc(C)c(CO)c2)C(C)C)s1. The second-order valence-corrected chi connectivity index (χ2v) is 6.94. The Labute approximate surface area is 130 Å². The number of ketones is 1. The number of hydrogen-bond acceptors (Lipinski definition) is 3. The smallest absolute Gasteiger partial charge is 0.169 e. The molecule has 0 saturated carbocycles. The minimum Gasteiger partial charge on any atom is -0.392 e. The van der Waals surface area contributed by atoms with Crippen molar-refractivity contribution in [3.8, 4) is 0 Å². The van der Waals surface area contributed by atoms with Crippen molar-refractivity contribution in [3.63, 3.8) is 0 Å². The van der Waals surface area contributed by atoms with Crippen LogP contribution >= 0.6 is 11.3 Å². The van der Waals surface area contributed by atoms with Crippen molar-refractivity contribution < 1.29 is 9.90 Å². The van der Waals surface area contributed by atoms with E-state index in [2.05, 4.69) is 38.1 Å². The Hall–Kier alpha value is -1.45. The van der Waals surface area contributed by atoms with Crippen LogP contribution in [0.15, 0.2) is 30.3 Å². The molecule has 112 valence electrons. The molecule has 0 saturated heterocycles. The first-order valence-electron chi connectivity index (χ1n) is 7.25. The van der Waals surface area contributed by atoms with Gasteiger partial charge in [0, 0.05) is 10.8 Å². The predicted molar refractivity (Wildman–Crippen MR) is 88.1 cm³/mol. The minimum atomic E-state index is 0.0631. The van der Waals surface area contributed by atoms with Gasteiger partial charge in [-0.15, -0.1) is 11.3 Å². The molecular formula is C18H22O2S. The summed E-state index contributed by atoms with van der Waals surface area (Å²) in [6.07, 6.45) is 0. The lowest BCUT2D eigenvalue weighted by molar-refractivity contribution is 0.102. The summed E-state index contributed by atoms with van der Waals surface area (Å²) in [5.74, 6) is 0.806. The maximum absolute atomic E-state index is 11.5. The largest absolute Gasteiger partial charge is 0.392 e. The van der Waals surface area contributed by atoms with Gasteiger partial charge in [-0.05, 0) is 48.6 Å². The summed E-state index contributed by atoms with van der Waals surface area (Å²) < 4.78 is 0. The summed E-state index contributed by atoms with van der Waals surface area (Å²) in [5, 5.41) is 9.47. The fourth-order valence-corrected chi connectivity index (χ4v) is 3.85. The Balaban J connectivity index is 2.45. The van der Waals surface area contributed by atoms with E-state index in [0.29, 0.717) is 5.92 Å². The molecule has 2 rings (SSSR count). The lowest BCUT2D eigenvalue weighted by Crippen LogP contribution is -2.08. The van der Waals surface area contributed by atoms with Crippen molar-refractivity contribution >= 4 is 17.1 Å². The molecule has 0 fully saturated rings. The summed E-state index contributed by atoms with van der Waals surface area (Å²) >= 11 is 1.58.